The van der Waals surface area contributed by atoms with Crippen LogP contribution in [0.2, 0.25) is 0 Å². The fourth-order valence-corrected chi connectivity index (χ4v) is 3.60. The van der Waals surface area contributed by atoms with E-state index < -0.39 is 5.60 Å². The fourth-order valence-electron chi connectivity index (χ4n) is 3.60. The van der Waals surface area contributed by atoms with Gasteiger partial charge in [0.05, 0.1) is 36.3 Å². The summed E-state index contributed by atoms with van der Waals surface area (Å²) >= 11 is 0. The first-order chi connectivity index (χ1) is 19.6. The van der Waals surface area contributed by atoms with Gasteiger partial charge in [0.25, 0.3) is 0 Å². The number of anilines is 1. The van der Waals surface area contributed by atoms with Crippen molar-refractivity contribution in [1.82, 2.24) is 35.7 Å². The monoisotopic (exact) mass is 565 g/mol. The standard InChI is InChI=1S/C28H39N9O4/c1-27(2,13-14-29)41-19-28(3,4)40-17-16-31-23(38)9-7-10-24(39)33-20-11-12-22(32-18-20)26-36-34-25(35-37-26)21-8-5-6-15-30-21/h5-6,8,11-12,15,18H,7,9-10,13-14,16-17,19,29H2,1-4H3,(H,31,38)(H,33,39). The van der Waals surface area contributed by atoms with Crippen LogP contribution in [0, 0.1) is 0 Å². The van der Waals surface area contributed by atoms with E-state index in [0.29, 0.717) is 55.6 Å². The lowest BCUT2D eigenvalue weighted by Gasteiger charge is -2.32. The topological polar surface area (TPSA) is 180 Å². The minimum atomic E-state index is -0.493. The number of nitrogens with two attached hydrogens (primary N) is 1. The van der Waals surface area contributed by atoms with Crippen molar-refractivity contribution in [3.63, 3.8) is 0 Å². The van der Waals surface area contributed by atoms with Gasteiger partial charge in [-0.3, -0.25) is 19.6 Å². The van der Waals surface area contributed by atoms with E-state index in [-0.39, 0.29) is 36.1 Å². The van der Waals surface area contributed by atoms with Crippen molar-refractivity contribution in [2.45, 2.75) is 64.6 Å². The quantitative estimate of drug-likeness (QED) is 0.217. The largest absolute Gasteiger partial charge is 0.373 e. The van der Waals surface area contributed by atoms with Gasteiger partial charge >= 0.3 is 0 Å². The molecular formula is C28H39N9O4. The Kier molecular flexibility index (Phi) is 11.7. The van der Waals surface area contributed by atoms with E-state index in [1.165, 1.54) is 6.20 Å². The van der Waals surface area contributed by atoms with Gasteiger partial charge in [-0.05, 0) is 71.3 Å². The van der Waals surface area contributed by atoms with Gasteiger partial charge in [-0.25, -0.2) is 0 Å². The van der Waals surface area contributed by atoms with Gasteiger partial charge in [-0.15, -0.1) is 20.4 Å². The first kappa shape index (κ1) is 31.6. The molecule has 0 fully saturated rings. The van der Waals surface area contributed by atoms with Crippen LogP contribution in [0.5, 0.6) is 0 Å². The van der Waals surface area contributed by atoms with E-state index in [4.69, 9.17) is 15.2 Å². The molecule has 0 bridgehead atoms. The molecule has 4 N–H and O–H groups in total. The number of nitrogens with one attached hydrogen (secondary N) is 2. The van der Waals surface area contributed by atoms with Crippen LogP contribution in [0.4, 0.5) is 5.69 Å². The normalized spacial score (nSPS) is 11.7. The highest BCUT2D eigenvalue weighted by atomic mass is 16.6. The molecule has 0 saturated heterocycles. The molecule has 3 aromatic rings. The van der Waals surface area contributed by atoms with Crippen LogP contribution in [-0.2, 0) is 19.1 Å². The molecule has 0 aliphatic rings. The number of hydrogen-bond acceptors (Lipinski definition) is 11. The predicted octanol–water partition coefficient (Wildman–Crippen LogP) is 2.55. The lowest BCUT2D eigenvalue weighted by atomic mass is 10.0. The van der Waals surface area contributed by atoms with Gasteiger partial charge in [-0.2, -0.15) is 0 Å². The number of hydrogen-bond donors (Lipinski definition) is 3. The van der Waals surface area contributed by atoms with Crippen LogP contribution in [0.15, 0.2) is 42.7 Å². The Hall–Kier alpha value is -3.94. The zero-order valence-corrected chi connectivity index (χ0v) is 24.1. The van der Waals surface area contributed by atoms with E-state index in [0.717, 1.165) is 6.42 Å². The van der Waals surface area contributed by atoms with Crippen LogP contribution in [-0.4, -0.2) is 79.7 Å². The van der Waals surface area contributed by atoms with E-state index in [9.17, 15) is 9.59 Å². The van der Waals surface area contributed by atoms with Gasteiger partial charge in [0.1, 0.15) is 11.4 Å². The van der Waals surface area contributed by atoms with Crippen molar-refractivity contribution in [2.75, 3.05) is 31.6 Å². The Labute approximate surface area is 240 Å². The van der Waals surface area contributed by atoms with E-state index in [1.807, 2.05) is 33.8 Å². The third-order valence-corrected chi connectivity index (χ3v) is 5.93. The summed E-state index contributed by atoms with van der Waals surface area (Å²) in [5.74, 6) is 0.214. The highest BCUT2D eigenvalue weighted by Gasteiger charge is 2.25. The average Bonchev–Trinajstić information content (AvgIpc) is 2.95. The van der Waals surface area contributed by atoms with Gasteiger partial charge in [0.2, 0.25) is 23.5 Å². The van der Waals surface area contributed by atoms with Gasteiger partial charge in [0.15, 0.2) is 0 Å². The number of nitrogens with zero attached hydrogens (tertiary/aromatic N) is 6. The molecule has 0 unspecified atom stereocenters. The Morgan fingerprint density at radius 3 is 2.15 bits per heavy atom. The summed E-state index contributed by atoms with van der Waals surface area (Å²) < 4.78 is 11.8. The Morgan fingerprint density at radius 1 is 0.854 bits per heavy atom. The SMILES string of the molecule is CC(C)(CCN)OCC(C)(C)OCCNC(=O)CCCC(=O)Nc1ccc(-c2nnc(-c3ccccn3)nn2)nc1. The molecule has 0 atom stereocenters. The molecule has 13 heteroatoms. The number of ether oxygens (including phenoxy) is 2. The van der Waals surface area contributed by atoms with Crippen LogP contribution in [0.25, 0.3) is 23.0 Å². The van der Waals surface area contributed by atoms with Crippen LogP contribution in [0.3, 0.4) is 0 Å². The number of pyridine rings is 2. The summed E-state index contributed by atoms with van der Waals surface area (Å²) in [5, 5.41) is 21.8. The summed E-state index contributed by atoms with van der Waals surface area (Å²) in [6.07, 6.45) is 4.74. The minimum absolute atomic E-state index is 0.137. The Balaban J connectivity index is 1.32. The molecule has 220 valence electrons. The first-order valence-corrected chi connectivity index (χ1v) is 13.6. The zero-order chi connectivity index (χ0) is 29.7. The van der Waals surface area contributed by atoms with Crippen LogP contribution >= 0.6 is 0 Å². The first-order valence-electron chi connectivity index (χ1n) is 13.6. The van der Waals surface area contributed by atoms with Crippen molar-refractivity contribution < 1.29 is 19.1 Å². The molecule has 3 heterocycles. The van der Waals surface area contributed by atoms with Gasteiger partial charge < -0.3 is 25.8 Å². The minimum Gasteiger partial charge on any atom is -0.373 e. The maximum atomic E-state index is 12.3. The fraction of sp³-hybridized carbons (Fsp3) is 0.500. The summed E-state index contributed by atoms with van der Waals surface area (Å²) in [7, 11) is 0. The maximum Gasteiger partial charge on any atom is 0.224 e. The van der Waals surface area contributed by atoms with Gasteiger partial charge in [-0.1, -0.05) is 6.07 Å². The highest BCUT2D eigenvalue weighted by molar-refractivity contribution is 5.91. The summed E-state index contributed by atoms with van der Waals surface area (Å²) in [6.45, 7) is 9.59. The van der Waals surface area contributed by atoms with Crippen molar-refractivity contribution in [3.8, 4) is 23.0 Å². The number of carbonyl (C=O) groups is 2. The zero-order valence-electron chi connectivity index (χ0n) is 24.1. The molecular weight excluding hydrogens is 526 g/mol. The number of carbonyl (C=O) groups excluding carboxylic acids is 2. The van der Waals surface area contributed by atoms with E-state index in [1.54, 1.807) is 30.5 Å². The van der Waals surface area contributed by atoms with E-state index >= 15 is 0 Å². The summed E-state index contributed by atoms with van der Waals surface area (Å²) in [6, 6.07) is 8.74. The van der Waals surface area contributed by atoms with E-state index in [2.05, 4.69) is 41.0 Å². The molecule has 0 saturated carbocycles. The number of rotatable bonds is 16. The maximum absolute atomic E-state index is 12.3. The third-order valence-electron chi connectivity index (χ3n) is 5.93. The molecule has 2 amide bonds. The molecule has 3 aromatic heterocycles. The molecule has 3 rings (SSSR count). The number of amides is 2. The van der Waals surface area contributed by atoms with Crippen LogP contribution in [0.1, 0.15) is 53.4 Å². The molecule has 0 aliphatic heterocycles. The average molecular weight is 566 g/mol. The lowest BCUT2D eigenvalue weighted by Crippen LogP contribution is -2.39. The smallest absolute Gasteiger partial charge is 0.224 e. The summed E-state index contributed by atoms with van der Waals surface area (Å²) in [5.41, 5.74) is 6.37. The van der Waals surface area contributed by atoms with Crippen LogP contribution < -0.4 is 16.4 Å². The third kappa shape index (κ3) is 11.2. The van der Waals surface area contributed by atoms with Gasteiger partial charge in [0, 0.05) is 25.6 Å². The van der Waals surface area contributed by atoms with Crippen molar-refractivity contribution in [1.29, 1.82) is 0 Å². The molecule has 13 nitrogen and oxygen atoms in total. The molecule has 0 spiro atoms. The Bertz CT molecular complexity index is 1240. The number of aromatic nitrogens is 6. The van der Waals surface area contributed by atoms with Crippen molar-refractivity contribution in [2.24, 2.45) is 5.73 Å². The highest BCUT2D eigenvalue weighted by Crippen LogP contribution is 2.19. The molecule has 41 heavy (non-hydrogen) atoms. The molecule has 0 aliphatic carbocycles. The second-order valence-electron chi connectivity index (χ2n) is 10.6. The molecule has 0 aromatic carbocycles. The second kappa shape index (κ2) is 15.2. The van der Waals surface area contributed by atoms with Crippen molar-refractivity contribution in [3.05, 3.63) is 42.7 Å². The summed E-state index contributed by atoms with van der Waals surface area (Å²) in [4.78, 5) is 32.9. The predicted molar refractivity (Wildman–Crippen MR) is 153 cm³/mol. The van der Waals surface area contributed by atoms with Crippen molar-refractivity contribution >= 4 is 17.5 Å². The molecule has 0 radical (unpaired) electrons. The second-order valence-corrected chi connectivity index (χ2v) is 10.6. The lowest BCUT2D eigenvalue weighted by molar-refractivity contribution is -0.126. The Morgan fingerprint density at radius 2 is 1.54 bits per heavy atom.